The number of alkyl halides is 3. The van der Waals surface area contributed by atoms with E-state index in [9.17, 15) is 22.4 Å². The van der Waals surface area contributed by atoms with Crippen LogP contribution in [0.3, 0.4) is 0 Å². The fourth-order valence-corrected chi connectivity index (χ4v) is 3.08. The van der Waals surface area contributed by atoms with E-state index in [1.54, 1.807) is 6.92 Å². The zero-order valence-electron chi connectivity index (χ0n) is 12.5. The van der Waals surface area contributed by atoms with Crippen molar-refractivity contribution in [1.82, 2.24) is 10.0 Å². The Morgan fingerprint density at radius 3 is 2.35 bits per heavy atom. The topological polar surface area (TPSA) is 49.6 Å². The first-order valence-corrected chi connectivity index (χ1v) is 7.40. The van der Waals surface area contributed by atoms with Crippen LogP contribution >= 0.6 is 11.6 Å². The molecule has 128 valence electrons. The number of likely N-dealkylation sites (N-methyl/N-ethyl adjacent to an activating group) is 2. The molecule has 2 atom stereocenters. The maximum absolute atomic E-state index is 14.2. The second kappa shape index (κ2) is 6.16. The number of nitrogens with zero attached hydrogens (tertiary/aromatic N) is 2. The molecule has 23 heavy (non-hydrogen) atoms. The second-order valence-electron chi connectivity index (χ2n) is 5.17. The number of rotatable bonds is 3. The van der Waals surface area contributed by atoms with E-state index in [2.05, 4.69) is 0 Å². The lowest BCUT2D eigenvalue weighted by atomic mass is 9.90. The number of hydrogen-bond acceptors (Lipinski definition) is 3. The summed E-state index contributed by atoms with van der Waals surface area (Å²) in [4.78, 5) is 12.5. The summed E-state index contributed by atoms with van der Waals surface area (Å²) in [5, 5.41) is 1.80. The Balaban J connectivity index is 2.62. The number of carbonyl (C=O) groups is 1. The van der Waals surface area contributed by atoms with Crippen molar-refractivity contribution >= 4 is 23.2 Å². The van der Waals surface area contributed by atoms with Crippen LogP contribution in [0, 0.1) is 5.82 Å². The summed E-state index contributed by atoms with van der Waals surface area (Å²) < 4.78 is 54.8. The van der Waals surface area contributed by atoms with Crippen LogP contribution in [0.1, 0.15) is 25.3 Å². The van der Waals surface area contributed by atoms with E-state index in [0.29, 0.717) is 0 Å². The molecule has 1 fully saturated rings. The largest absolute Gasteiger partial charge is 0.406 e. The molecule has 0 radical (unpaired) electrons. The lowest BCUT2D eigenvalue weighted by Crippen LogP contribution is -2.48. The molecule has 9 heteroatoms. The number of amides is 1. The summed E-state index contributed by atoms with van der Waals surface area (Å²) in [6.45, 7) is 3.08. The average Bonchev–Trinajstić information content (AvgIpc) is 2.74. The van der Waals surface area contributed by atoms with Crippen molar-refractivity contribution in [2.75, 3.05) is 18.8 Å². The highest BCUT2D eigenvalue weighted by Gasteiger charge is 2.59. The summed E-state index contributed by atoms with van der Waals surface area (Å²) in [5.74, 6) is -3.50. The minimum atomic E-state index is -4.71. The Bertz CT molecular complexity index is 623. The van der Waals surface area contributed by atoms with Crippen molar-refractivity contribution in [1.29, 1.82) is 0 Å². The molecule has 1 aliphatic heterocycles. The third kappa shape index (κ3) is 2.97. The number of nitrogens with two attached hydrogens (primary N) is 1. The molecule has 0 saturated carbocycles. The third-order valence-electron chi connectivity index (χ3n) is 3.88. The standard InChI is InChI=1S/C14H16ClF4N3O/c1-3-21-12(14(17,18)19)11(13(23)22(21)4-2)7-5-10(20)8(15)6-9(7)16/h5-6,11-12H,3-4,20H2,1-2H3. The van der Waals surface area contributed by atoms with Crippen molar-refractivity contribution in [3.8, 4) is 0 Å². The highest BCUT2D eigenvalue weighted by Crippen LogP contribution is 2.44. The lowest BCUT2D eigenvalue weighted by Gasteiger charge is -2.31. The zero-order chi connectivity index (χ0) is 17.5. The molecule has 0 bridgehead atoms. The Morgan fingerprint density at radius 1 is 1.26 bits per heavy atom. The van der Waals surface area contributed by atoms with E-state index in [1.165, 1.54) is 6.92 Å². The number of hydrogen-bond donors (Lipinski definition) is 1. The number of hydrazine groups is 1. The van der Waals surface area contributed by atoms with Crippen molar-refractivity contribution in [2.45, 2.75) is 32.0 Å². The molecule has 2 N–H and O–H groups in total. The van der Waals surface area contributed by atoms with Crippen LogP contribution in [0.4, 0.5) is 23.2 Å². The fraction of sp³-hybridized carbons (Fsp3) is 0.500. The van der Waals surface area contributed by atoms with E-state index in [4.69, 9.17) is 17.3 Å². The van der Waals surface area contributed by atoms with Crippen LogP contribution < -0.4 is 5.73 Å². The number of benzene rings is 1. The Hall–Kier alpha value is -1.54. The van der Waals surface area contributed by atoms with E-state index < -0.39 is 35.4 Å². The van der Waals surface area contributed by atoms with Gasteiger partial charge in [-0.05, 0) is 19.1 Å². The number of halogens is 5. The maximum Gasteiger partial charge on any atom is 0.406 e. The van der Waals surface area contributed by atoms with Crippen molar-refractivity contribution in [3.63, 3.8) is 0 Å². The maximum atomic E-state index is 14.2. The molecule has 4 nitrogen and oxygen atoms in total. The summed E-state index contributed by atoms with van der Waals surface area (Å²) >= 11 is 5.67. The van der Waals surface area contributed by atoms with Gasteiger partial charge in [0.15, 0.2) is 0 Å². The van der Waals surface area contributed by atoms with Crippen molar-refractivity contribution in [3.05, 3.63) is 28.5 Å². The van der Waals surface area contributed by atoms with Crippen LogP contribution in [0.2, 0.25) is 5.02 Å². The van der Waals surface area contributed by atoms with E-state index >= 15 is 0 Å². The van der Waals surface area contributed by atoms with E-state index in [0.717, 1.165) is 22.2 Å². The van der Waals surface area contributed by atoms with Gasteiger partial charge in [0.25, 0.3) is 0 Å². The molecule has 0 spiro atoms. The van der Waals surface area contributed by atoms with Crippen LogP contribution in [-0.4, -0.2) is 41.2 Å². The van der Waals surface area contributed by atoms with Crippen LogP contribution in [0.15, 0.2) is 12.1 Å². The summed E-state index contributed by atoms with van der Waals surface area (Å²) in [7, 11) is 0. The molecule has 0 aliphatic carbocycles. The second-order valence-corrected chi connectivity index (χ2v) is 5.58. The molecule has 1 heterocycles. The van der Waals surface area contributed by atoms with Crippen molar-refractivity contribution < 1.29 is 22.4 Å². The normalized spacial score (nSPS) is 22.9. The smallest absolute Gasteiger partial charge is 0.398 e. The highest BCUT2D eigenvalue weighted by molar-refractivity contribution is 6.33. The first-order valence-electron chi connectivity index (χ1n) is 7.02. The van der Waals surface area contributed by atoms with E-state index in [-0.39, 0.29) is 23.8 Å². The quantitative estimate of drug-likeness (QED) is 0.670. The highest BCUT2D eigenvalue weighted by atomic mass is 35.5. The first kappa shape index (κ1) is 17.8. The van der Waals surface area contributed by atoms with Gasteiger partial charge in [-0.15, -0.1) is 0 Å². The van der Waals surface area contributed by atoms with Crippen LogP contribution in [0.5, 0.6) is 0 Å². The SMILES string of the molecule is CCN1C(=O)C(c2cc(N)c(Cl)cc2F)C(C(F)(F)F)N1CC. The van der Waals surface area contributed by atoms with Gasteiger partial charge in [0.2, 0.25) is 5.91 Å². The molecule has 0 aromatic heterocycles. The van der Waals surface area contributed by atoms with Gasteiger partial charge in [0.1, 0.15) is 11.9 Å². The Labute approximate surface area is 135 Å². The summed E-state index contributed by atoms with van der Waals surface area (Å²) in [5.41, 5.74) is 5.10. The molecule has 2 unspecified atom stereocenters. The molecule has 1 aliphatic rings. The van der Waals surface area contributed by atoms with Gasteiger partial charge in [-0.1, -0.05) is 18.5 Å². The zero-order valence-corrected chi connectivity index (χ0v) is 13.2. The number of nitrogen functional groups attached to an aromatic ring is 1. The third-order valence-corrected chi connectivity index (χ3v) is 4.20. The van der Waals surface area contributed by atoms with Gasteiger partial charge < -0.3 is 5.73 Å². The van der Waals surface area contributed by atoms with Gasteiger partial charge in [-0.2, -0.15) is 13.2 Å². The van der Waals surface area contributed by atoms with Gasteiger partial charge in [-0.25, -0.2) is 9.40 Å². The van der Waals surface area contributed by atoms with Gasteiger partial charge in [0, 0.05) is 18.7 Å². The molecule has 1 saturated heterocycles. The molecule has 2 rings (SSSR count). The number of carbonyl (C=O) groups excluding carboxylic acids is 1. The predicted octanol–water partition coefficient (Wildman–Crippen LogP) is 3.17. The van der Waals surface area contributed by atoms with E-state index in [1.807, 2.05) is 0 Å². The molecular weight excluding hydrogens is 338 g/mol. The Kier molecular flexibility index (Phi) is 4.77. The fourth-order valence-electron chi connectivity index (χ4n) is 2.93. The van der Waals surface area contributed by atoms with Crippen LogP contribution in [-0.2, 0) is 4.79 Å². The van der Waals surface area contributed by atoms with Crippen molar-refractivity contribution in [2.24, 2.45) is 0 Å². The molecule has 1 amide bonds. The molecule has 1 aromatic carbocycles. The molecule has 1 aromatic rings. The van der Waals surface area contributed by atoms with Gasteiger partial charge in [0.05, 0.1) is 16.6 Å². The monoisotopic (exact) mass is 353 g/mol. The summed E-state index contributed by atoms with van der Waals surface area (Å²) in [6.07, 6.45) is -4.71. The first-order chi connectivity index (χ1) is 10.6. The average molecular weight is 354 g/mol. The molecular formula is C14H16ClF4N3O. The lowest BCUT2D eigenvalue weighted by molar-refractivity contribution is -0.200. The van der Waals surface area contributed by atoms with Gasteiger partial charge >= 0.3 is 6.18 Å². The van der Waals surface area contributed by atoms with Crippen LogP contribution in [0.25, 0.3) is 0 Å². The Morgan fingerprint density at radius 2 is 1.87 bits per heavy atom. The van der Waals surface area contributed by atoms with Gasteiger partial charge in [-0.3, -0.25) is 9.80 Å². The number of anilines is 1. The minimum absolute atomic E-state index is 0.0368. The minimum Gasteiger partial charge on any atom is -0.398 e. The predicted molar refractivity (Wildman–Crippen MR) is 78.2 cm³/mol. The summed E-state index contributed by atoms with van der Waals surface area (Å²) in [6, 6.07) is -0.306.